The maximum absolute atomic E-state index is 13.0. The predicted octanol–water partition coefficient (Wildman–Crippen LogP) is 5.44. The maximum atomic E-state index is 13.0. The van der Waals surface area contributed by atoms with E-state index in [-0.39, 0.29) is 5.82 Å². The summed E-state index contributed by atoms with van der Waals surface area (Å²) in [5.41, 5.74) is 3.97. The number of aromatic nitrogens is 3. The minimum atomic E-state index is -0.287. The Kier molecular flexibility index (Phi) is 4.77. The van der Waals surface area contributed by atoms with Gasteiger partial charge in [-0.05, 0) is 50.2 Å². The lowest BCUT2D eigenvalue weighted by molar-refractivity contribution is 0.464. The second-order valence-corrected chi connectivity index (χ2v) is 7.09. The summed E-state index contributed by atoms with van der Waals surface area (Å²) < 4.78 is 24.5. The first-order valence-corrected chi connectivity index (χ1v) is 9.31. The van der Waals surface area contributed by atoms with E-state index in [1.54, 1.807) is 18.3 Å². The zero-order valence-electron chi connectivity index (χ0n) is 14.8. The fourth-order valence-electron chi connectivity index (χ4n) is 2.73. The molecule has 0 N–H and O–H groups in total. The fourth-order valence-corrected chi connectivity index (χ4v) is 3.35. The summed E-state index contributed by atoms with van der Waals surface area (Å²) in [6.45, 7) is 4.06. The molecule has 0 unspecified atom stereocenters. The van der Waals surface area contributed by atoms with Gasteiger partial charge in [-0.2, -0.15) is 0 Å². The molecular formula is C20H16FN3O2S. The van der Waals surface area contributed by atoms with E-state index in [9.17, 15) is 4.39 Å². The number of thioether (sulfide) groups is 1. The lowest BCUT2D eigenvalue weighted by atomic mass is 10.1. The molecule has 0 spiro atoms. The van der Waals surface area contributed by atoms with Crippen molar-refractivity contribution in [3.63, 3.8) is 0 Å². The zero-order valence-corrected chi connectivity index (χ0v) is 15.6. The summed E-state index contributed by atoms with van der Waals surface area (Å²) in [6, 6.07) is 12.2. The molecule has 136 valence electrons. The van der Waals surface area contributed by atoms with Crippen LogP contribution in [0.25, 0.3) is 22.8 Å². The van der Waals surface area contributed by atoms with Crippen LogP contribution in [-0.2, 0) is 5.75 Å². The highest BCUT2D eigenvalue weighted by molar-refractivity contribution is 7.98. The van der Waals surface area contributed by atoms with E-state index < -0.39 is 0 Å². The number of hydrogen-bond acceptors (Lipinski definition) is 6. The van der Waals surface area contributed by atoms with Gasteiger partial charge in [0, 0.05) is 11.1 Å². The van der Waals surface area contributed by atoms with Gasteiger partial charge < -0.3 is 8.83 Å². The molecule has 4 rings (SSSR count). The standard InChI is InChI=1S/C20H16FN3O2S/c1-12-7-13(2)9-15(8-12)19-23-24-20(26-19)27-11-18-22-10-17(25-18)14-3-5-16(21)6-4-14/h3-10H,11H2,1-2H3. The Balaban J connectivity index is 1.44. The Labute approximate surface area is 159 Å². The Hall–Kier alpha value is -2.93. The van der Waals surface area contributed by atoms with E-state index in [4.69, 9.17) is 8.83 Å². The summed E-state index contributed by atoms with van der Waals surface area (Å²) in [7, 11) is 0. The average molecular weight is 381 g/mol. The Bertz CT molecular complexity index is 1050. The molecule has 2 aromatic heterocycles. The van der Waals surface area contributed by atoms with Crippen molar-refractivity contribution >= 4 is 11.8 Å². The summed E-state index contributed by atoms with van der Waals surface area (Å²) in [6.07, 6.45) is 1.62. The fraction of sp³-hybridized carbons (Fsp3) is 0.150. The molecule has 0 radical (unpaired) electrons. The molecule has 7 heteroatoms. The molecule has 0 atom stereocenters. The molecule has 0 amide bonds. The van der Waals surface area contributed by atoms with Gasteiger partial charge in [-0.15, -0.1) is 10.2 Å². The Morgan fingerprint density at radius 3 is 2.41 bits per heavy atom. The van der Waals surface area contributed by atoms with Gasteiger partial charge in [-0.1, -0.05) is 29.0 Å². The number of benzene rings is 2. The number of aryl methyl sites for hydroxylation is 2. The number of rotatable bonds is 5. The van der Waals surface area contributed by atoms with Crippen molar-refractivity contribution in [2.75, 3.05) is 0 Å². The predicted molar refractivity (Wildman–Crippen MR) is 101 cm³/mol. The average Bonchev–Trinajstić information content (AvgIpc) is 3.29. The van der Waals surface area contributed by atoms with Crippen LogP contribution in [0, 0.1) is 19.7 Å². The van der Waals surface area contributed by atoms with Crippen LogP contribution in [0.3, 0.4) is 0 Å². The van der Waals surface area contributed by atoms with Gasteiger partial charge in [0.1, 0.15) is 5.82 Å². The number of halogens is 1. The third kappa shape index (κ3) is 4.09. The van der Waals surface area contributed by atoms with Crippen LogP contribution in [0.4, 0.5) is 4.39 Å². The minimum Gasteiger partial charge on any atom is -0.440 e. The second-order valence-electron chi connectivity index (χ2n) is 6.16. The van der Waals surface area contributed by atoms with Crippen LogP contribution < -0.4 is 0 Å². The maximum Gasteiger partial charge on any atom is 0.277 e. The van der Waals surface area contributed by atoms with E-state index in [2.05, 4.69) is 21.2 Å². The number of oxazole rings is 1. The van der Waals surface area contributed by atoms with Crippen LogP contribution in [0.2, 0.25) is 0 Å². The topological polar surface area (TPSA) is 65.0 Å². The third-order valence-corrected chi connectivity index (χ3v) is 4.68. The Morgan fingerprint density at radius 1 is 0.926 bits per heavy atom. The van der Waals surface area contributed by atoms with Crippen molar-refractivity contribution in [1.82, 2.24) is 15.2 Å². The molecule has 0 aliphatic carbocycles. The molecule has 0 bridgehead atoms. The monoisotopic (exact) mass is 381 g/mol. The molecular weight excluding hydrogens is 365 g/mol. The van der Waals surface area contributed by atoms with Crippen molar-refractivity contribution in [1.29, 1.82) is 0 Å². The minimum absolute atomic E-state index is 0.287. The summed E-state index contributed by atoms with van der Waals surface area (Å²) in [5, 5.41) is 8.64. The van der Waals surface area contributed by atoms with E-state index in [1.807, 2.05) is 26.0 Å². The molecule has 5 nitrogen and oxygen atoms in total. The molecule has 0 saturated carbocycles. The molecule has 0 fully saturated rings. The quantitative estimate of drug-likeness (QED) is 0.429. The van der Waals surface area contributed by atoms with Crippen LogP contribution in [-0.4, -0.2) is 15.2 Å². The van der Waals surface area contributed by atoms with Gasteiger partial charge in [0.25, 0.3) is 5.22 Å². The van der Waals surface area contributed by atoms with Gasteiger partial charge in [0.15, 0.2) is 5.76 Å². The molecule has 2 aromatic carbocycles. The van der Waals surface area contributed by atoms with Crippen molar-refractivity contribution < 1.29 is 13.2 Å². The van der Waals surface area contributed by atoms with E-state index >= 15 is 0 Å². The van der Waals surface area contributed by atoms with Crippen LogP contribution in [0.15, 0.2) is 62.7 Å². The molecule has 0 aliphatic heterocycles. The summed E-state index contributed by atoms with van der Waals surface area (Å²) in [5.74, 6) is 1.78. The van der Waals surface area contributed by atoms with Crippen LogP contribution in [0.1, 0.15) is 17.0 Å². The van der Waals surface area contributed by atoms with Gasteiger partial charge in [0.05, 0.1) is 11.9 Å². The highest BCUT2D eigenvalue weighted by Gasteiger charge is 2.12. The number of nitrogens with zero attached hydrogens (tertiary/aromatic N) is 3. The highest BCUT2D eigenvalue weighted by atomic mass is 32.2. The van der Waals surface area contributed by atoms with E-state index in [0.717, 1.165) is 22.3 Å². The Morgan fingerprint density at radius 2 is 1.67 bits per heavy atom. The molecule has 2 heterocycles. The normalized spacial score (nSPS) is 11.1. The molecule has 0 aliphatic rings. The third-order valence-electron chi connectivity index (χ3n) is 3.88. The summed E-state index contributed by atoms with van der Waals surface area (Å²) in [4.78, 5) is 4.25. The van der Waals surface area contributed by atoms with Crippen molar-refractivity contribution in [3.05, 3.63) is 71.5 Å². The first-order chi connectivity index (χ1) is 13.1. The second kappa shape index (κ2) is 7.36. The largest absolute Gasteiger partial charge is 0.440 e. The smallest absolute Gasteiger partial charge is 0.277 e. The lowest BCUT2D eigenvalue weighted by Gasteiger charge is -2.00. The van der Waals surface area contributed by atoms with E-state index in [0.29, 0.717) is 28.5 Å². The zero-order chi connectivity index (χ0) is 18.8. The SMILES string of the molecule is Cc1cc(C)cc(-c2nnc(SCc3ncc(-c4ccc(F)cc4)o3)o2)c1. The van der Waals surface area contributed by atoms with Gasteiger partial charge >= 0.3 is 0 Å². The van der Waals surface area contributed by atoms with Crippen LogP contribution in [0.5, 0.6) is 0 Å². The highest BCUT2D eigenvalue weighted by Crippen LogP contribution is 2.28. The molecule has 27 heavy (non-hydrogen) atoms. The van der Waals surface area contributed by atoms with Crippen molar-refractivity contribution in [2.45, 2.75) is 24.8 Å². The van der Waals surface area contributed by atoms with Crippen molar-refractivity contribution in [2.24, 2.45) is 0 Å². The van der Waals surface area contributed by atoms with Gasteiger partial charge in [-0.25, -0.2) is 9.37 Å². The van der Waals surface area contributed by atoms with Crippen molar-refractivity contribution in [3.8, 4) is 22.8 Å². The lowest BCUT2D eigenvalue weighted by Crippen LogP contribution is -1.82. The number of hydrogen-bond donors (Lipinski definition) is 0. The first kappa shape index (κ1) is 17.5. The van der Waals surface area contributed by atoms with Gasteiger partial charge in [-0.3, -0.25) is 0 Å². The van der Waals surface area contributed by atoms with Gasteiger partial charge in [0.2, 0.25) is 11.8 Å². The first-order valence-electron chi connectivity index (χ1n) is 8.32. The van der Waals surface area contributed by atoms with E-state index in [1.165, 1.54) is 23.9 Å². The summed E-state index contributed by atoms with van der Waals surface area (Å²) >= 11 is 1.35. The molecule has 0 saturated heterocycles. The molecule has 4 aromatic rings. The van der Waals surface area contributed by atoms with Crippen LogP contribution >= 0.6 is 11.8 Å².